The predicted octanol–water partition coefficient (Wildman–Crippen LogP) is 5.40. The van der Waals surface area contributed by atoms with Gasteiger partial charge in [0.05, 0.1) is 12.3 Å². The number of hydrogen-bond donors (Lipinski definition) is 0. The summed E-state index contributed by atoms with van der Waals surface area (Å²) < 4.78 is 6.57. The van der Waals surface area contributed by atoms with Gasteiger partial charge in [0.25, 0.3) is 0 Å². The average molecular weight is 467 g/mol. The van der Waals surface area contributed by atoms with Gasteiger partial charge in [-0.25, -0.2) is 0 Å². The minimum atomic E-state index is -0.713. The van der Waals surface area contributed by atoms with E-state index in [1.54, 1.807) is 0 Å². The third-order valence-electron chi connectivity index (χ3n) is 6.46. The maximum atomic E-state index is 6.57. The van der Waals surface area contributed by atoms with E-state index in [1.165, 1.54) is 21.5 Å². The molecule has 1 saturated heterocycles. The van der Waals surface area contributed by atoms with Gasteiger partial charge in [0, 0.05) is 24.3 Å². The molecule has 34 heavy (non-hydrogen) atoms. The molecule has 1 aliphatic heterocycles. The van der Waals surface area contributed by atoms with Crippen molar-refractivity contribution in [3.8, 4) is 0 Å². The lowest BCUT2D eigenvalue weighted by Gasteiger charge is -2.32. The van der Waals surface area contributed by atoms with Crippen molar-refractivity contribution in [2.45, 2.75) is 32.7 Å². The number of pyridine rings is 1. The van der Waals surface area contributed by atoms with Crippen molar-refractivity contribution in [1.29, 1.82) is 0 Å². The van der Waals surface area contributed by atoms with Crippen LogP contribution in [-0.2, 0) is 11.3 Å². The maximum Gasteiger partial charge on any atom is 0.138 e. The Morgan fingerprint density at radius 1 is 0.824 bits per heavy atom. The largest absolute Gasteiger partial charge is 0.357 e. The molecule has 0 N–H and O–H groups in total. The van der Waals surface area contributed by atoms with Gasteiger partial charge in [-0.2, -0.15) is 0 Å². The van der Waals surface area contributed by atoms with E-state index >= 15 is 0 Å². The molecular formula is C30H31N2OP. The molecular weight excluding hydrogens is 435 g/mol. The first kappa shape index (κ1) is 22.9. The van der Waals surface area contributed by atoms with Crippen LogP contribution in [-0.4, -0.2) is 22.5 Å². The molecule has 0 spiro atoms. The van der Waals surface area contributed by atoms with Gasteiger partial charge >= 0.3 is 0 Å². The summed E-state index contributed by atoms with van der Waals surface area (Å²) in [5.41, 5.74) is 2.34. The number of rotatable bonds is 7. The molecule has 1 aliphatic rings. The quantitative estimate of drug-likeness (QED) is 0.341. The Morgan fingerprint density at radius 2 is 1.44 bits per heavy atom. The van der Waals surface area contributed by atoms with Gasteiger partial charge in [0.15, 0.2) is 0 Å². The Bertz CT molecular complexity index is 1140. The molecule has 2 atom stereocenters. The van der Waals surface area contributed by atoms with Gasteiger partial charge in [0.2, 0.25) is 0 Å². The van der Waals surface area contributed by atoms with Gasteiger partial charge in [-0.1, -0.05) is 105 Å². The third kappa shape index (κ3) is 4.83. The minimum absolute atomic E-state index is 0.0944. The molecule has 1 fully saturated rings. The second kappa shape index (κ2) is 10.6. The summed E-state index contributed by atoms with van der Waals surface area (Å²) in [4.78, 5) is 7.13. The van der Waals surface area contributed by atoms with Crippen LogP contribution in [0.25, 0.3) is 0 Å². The van der Waals surface area contributed by atoms with E-state index in [-0.39, 0.29) is 6.23 Å². The van der Waals surface area contributed by atoms with Crippen LogP contribution in [0.5, 0.6) is 0 Å². The van der Waals surface area contributed by atoms with Crippen molar-refractivity contribution in [2.75, 3.05) is 6.61 Å². The van der Waals surface area contributed by atoms with Crippen molar-refractivity contribution < 1.29 is 4.74 Å². The Labute approximate surface area is 204 Å². The molecule has 2 heterocycles. The third-order valence-corrected chi connectivity index (χ3v) is 8.98. The highest BCUT2D eigenvalue weighted by Crippen LogP contribution is 2.40. The molecule has 4 heteroatoms. The zero-order chi connectivity index (χ0) is 23.3. The van der Waals surface area contributed by atoms with E-state index in [9.17, 15) is 0 Å². The van der Waals surface area contributed by atoms with Crippen LogP contribution in [0.4, 0.5) is 0 Å². The second-order valence-corrected chi connectivity index (χ2v) is 11.2. The first-order valence-electron chi connectivity index (χ1n) is 12.0. The monoisotopic (exact) mass is 466 g/mol. The van der Waals surface area contributed by atoms with Crippen molar-refractivity contribution in [3.63, 3.8) is 0 Å². The van der Waals surface area contributed by atoms with E-state index in [4.69, 9.17) is 4.74 Å². The molecule has 0 radical (unpaired) electrons. The van der Waals surface area contributed by atoms with Crippen LogP contribution < -0.4 is 15.9 Å². The topological polar surface area (TPSA) is 25.4 Å². The summed E-state index contributed by atoms with van der Waals surface area (Å²) in [6.45, 7) is 6.08. The molecule has 2 unspecified atom stereocenters. The van der Waals surface area contributed by atoms with Crippen LogP contribution in [0.15, 0.2) is 109 Å². The van der Waals surface area contributed by atoms with Crippen LogP contribution in [0, 0.1) is 5.92 Å². The zero-order valence-corrected chi connectivity index (χ0v) is 20.7. The van der Waals surface area contributed by atoms with Gasteiger partial charge < -0.3 is 4.74 Å². The van der Waals surface area contributed by atoms with Crippen molar-refractivity contribution in [3.05, 3.63) is 121 Å². The van der Waals surface area contributed by atoms with E-state index in [0.29, 0.717) is 12.0 Å². The molecule has 0 aliphatic carbocycles. The fourth-order valence-electron chi connectivity index (χ4n) is 4.76. The Hall–Kier alpha value is -2.84. The summed E-state index contributed by atoms with van der Waals surface area (Å²) in [7, 11) is -0.713. The fraction of sp³-hybridized carbons (Fsp3) is 0.233. The van der Waals surface area contributed by atoms with E-state index in [2.05, 4.69) is 121 Å². The predicted molar refractivity (Wildman–Crippen MR) is 142 cm³/mol. The van der Waals surface area contributed by atoms with E-state index in [1.807, 2.05) is 12.3 Å². The molecule has 5 rings (SSSR count). The Kier molecular flexibility index (Phi) is 7.16. The van der Waals surface area contributed by atoms with E-state index in [0.717, 1.165) is 18.8 Å². The minimum Gasteiger partial charge on any atom is -0.357 e. The standard InChI is InChI=1S/C30H31N2OP/c1-23(2)28-22-33-30(32(28)21-24-13-11-12-20-31-24)27-18-9-10-19-29(27)34(25-14-5-3-6-15-25)26-16-7-4-8-17-26/h3-20,23,28,30H,21-22H2,1-2H3. The highest BCUT2D eigenvalue weighted by atomic mass is 31.1. The number of hydrogen-bond acceptors (Lipinski definition) is 3. The number of benzene rings is 3. The van der Waals surface area contributed by atoms with Crippen LogP contribution in [0.1, 0.15) is 31.3 Å². The van der Waals surface area contributed by atoms with Crippen molar-refractivity contribution >= 4 is 23.8 Å². The summed E-state index contributed by atoms with van der Waals surface area (Å²) in [5, 5.41) is 4.06. The first-order valence-corrected chi connectivity index (χ1v) is 13.3. The second-order valence-electron chi connectivity index (χ2n) is 9.06. The fourth-order valence-corrected chi connectivity index (χ4v) is 7.23. The normalized spacial score (nSPS) is 18.6. The molecule has 0 bridgehead atoms. The van der Waals surface area contributed by atoms with Crippen LogP contribution in [0.3, 0.4) is 0 Å². The molecule has 0 saturated carbocycles. The average Bonchev–Trinajstić information content (AvgIpc) is 3.30. The highest BCUT2D eigenvalue weighted by Gasteiger charge is 2.39. The van der Waals surface area contributed by atoms with Crippen molar-refractivity contribution in [2.24, 2.45) is 5.92 Å². The summed E-state index contributed by atoms with van der Waals surface area (Å²) in [6, 6.07) is 37.2. The zero-order valence-electron chi connectivity index (χ0n) is 19.8. The number of aromatic nitrogens is 1. The maximum absolute atomic E-state index is 6.57. The van der Waals surface area contributed by atoms with Gasteiger partial charge in [-0.15, -0.1) is 0 Å². The molecule has 3 nitrogen and oxygen atoms in total. The smallest absolute Gasteiger partial charge is 0.138 e. The Morgan fingerprint density at radius 3 is 2.06 bits per heavy atom. The number of ether oxygens (including phenoxy) is 1. The molecule has 172 valence electrons. The lowest BCUT2D eigenvalue weighted by molar-refractivity contribution is 0.0225. The number of nitrogens with zero attached hydrogens (tertiary/aromatic N) is 2. The molecule has 4 aromatic rings. The van der Waals surface area contributed by atoms with Crippen LogP contribution in [0.2, 0.25) is 0 Å². The lowest BCUT2D eigenvalue weighted by Crippen LogP contribution is -2.37. The van der Waals surface area contributed by atoms with Gasteiger partial charge in [-0.3, -0.25) is 9.88 Å². The van der Waals surface area contributed by atoms with Crippen LogP contribution >= 0.6 is 7.92 Å². The van der Waals surface area contributed by atoms with Gasteiger partial charge in [0.1, 0.15) is 6.23 Å². The summed E-state index contributed by atoms with van der Waals surface area (Å²) in [5.74, 6) is 0.491. The summed E-state index contributed by atoms with van der Waals surface area (Å²) in [6.07, 6.45) is 1.78. The Balaban J connectivity index is 1.59. The first-order chi connectivity index (χ1) is 16.7. The van der Waals surface area contributed by atoms with Gasteiger partial charge in [-0.05, 0) is 41.9 Å². The SMILES string of the molecule is CC(C)C1COC(c2ccccc2P(c2ccccc2)c2ccccc2)N1Cc1ccccn1. The lowest BCUT2D eigenvalue weighted by atomic mass is 10.0. The molecule has 1 aromatic heterocycles. The van der Waals surface area contributed by atoms with E-state index < -0.39 is 7.92 Å². The summed E-state index contributed by atoms with van der Waals surface area (Å²) >= 11 is 0. The highest BCUT2D eigenvalue weighted by molar-refractivity contribution is 7.79. The van der Waals surface area contributed by atoms with Crippen molar-refractivity contribution in [1.82, 2.24) is 9.88 Å². The molecule has 0 amide bonds. The molecule has 3 aromatic carbocycles.